The first-order valence-electron chi connectivity index (χ1n) is 6.54. The number of sulfonamides is 1. The number of nitrogen functional groups attached to an aromatic ring is 1. The second-order valence-corrected chi connectivity index (χ2v) is 9.08. The molecule has 0 spiro atoms. The highest BCUT2D eigenvalue weighted by Gasteiger charge is 2.21. The molecule has 0 unspecified atom stereocenters. The molecule has 1 fully saturated rings. The molecule has 1 aliphatic heterocycles. The Morgan fingerprint density at radius 1 is 1.24 bits per heavy atom. The molecule has 1 aromatic carbocycles. The minimum atomic E-state index is -3.59. The van der Waals surface area contributed by atoms with Crippen LogP contribution in [-0.4, -0.2) is 48.5 Å². The molecule has 3 N–H and O–H groups in total. The van der Waals surface area contributed by atoms with Crippen LogP contribution < -0.4 is 15.4 Å². The quantitative estimate of drug-likeness (QED) is 0.742. The number of anilines is 2. The number of hydrogen-bond donors (Lipinski definition) is 2. The van der Waals surface area contributed by atoms with Crippen molar-refractivity contribution in [2.75, 3.05) is 42.3 Å². The lowest BCUT2D eigenvalue weighted by Crippen LogP contribution is -2.27. The molecule has 0 aliphatic carbocycles. The third kappa shape index (κ3) is 3.66. The first-order valence-corrected chi connectivity index (χ1v) is 9.84. The number of rotatable bonds is 3. The van der Waals surface area contributed by atoms with Crippen molar-refractivity contribution < 1.29 is 16.8 Å². The topological polar surface area (TPSA) is 110 Å². The van der Waals surface area contributed by atoms with E-state index >= 15 is 0 Å². The van der Waals surface area contributed by atoms with Gasteiger partial charge in [0, 0.05) is 18.8 Å². The summed E-state index contributed by atoms with van der Waals surface area (Å²) in [6.07, 6.45) is 0.554. The average molecular weight is 333 g/mol. The molecule has 0 saturated carbocycles. The predicted molar refractivity (Wildman–Crippen MR) is 82.6 cm³/mol. The summed E-state index contributed by atoms with van der Waals surface area (Å²) < 4.78 is 48.9. The number of nitrogens with zero attached hydrogens (tertiary/aromatic N) is 1. The minimum Gasteiger partial charge on any atom is -0.398 e. The highest BCUT2D eigenvalue weighted by molar-refractivity contribution is 7.91. The lowest BCUT2D eigenvalue weighted by molar-refractivity contribution is 0.588. The lowest BCUT2D eigenvalue weighted by Gasteiger charge is -2.23. The standard InChI is InChI=1S/C12H19N3O4S2/c1-14-21(18,19)12-4-3-10(9-11(12)13)15-5-2-7-20(16,17)8-6-15/h3-4,9,14H,2,5-8,13H2,1H3. The van der Waals surface area contributed by atoms with Crippen LogP contribution in [0.2, 0.25) is 0 Å². The molecule has 2 rings (SSSR count). The van der Waals surface area contributed by atoms with Gasteiger partial charge < -0.3 is 10.6 Å². The molecule has 1 saturated heterocycles. The zero-order valence-electron chi connectivity index (χ0n) is 11.7. The summed E-state index contributed by atoms with van der Waals surface area (Å²) in [6, 6.07) is 4.66. The van der Waals surface area contributed by atoms with Crippen LogP contribution in [0.1, 0.15) is 6.42 Å². The normalized spacial score (nSPS) is 19.2. The third-order valence-corrected chi connectivity index (χ3v) is 6.68. The Kier molecular flexibility index (Phi) is 4.45. The fourth-order valence-electron chi connectivity index (χ4n) is 2.28. The van der Waals surface area contributed by atoms with E-state index in [0.717, 1.165) is 5.69 Å². The fourth-order valence-corrected chi connectivity index (χ4v) is 4.39. The maximum absolute atomic E-state index is 11.8. The third-order valence-electron chi connectivity index (χ3n) is 3.47. The van der Waals surface area contributed by atoms with E-state index in [1.165, 1.54) is 13.1 Å². The van der Waals surface area contributed by atoms with Crippen molar-refractivity contribution in [2.24, 2.45) is 0 Å². The second-order valence-electron chi connectivity index (χ2n) is 4.92. The maximum atomic E-state index is 11.8. The number of benzene rings is 1. The minimum absolute atomic E-state index is 0.0243. The van der Waals surface area contributed by atoms with E-state index in [9.17, 15) is 16.8 Å². The van der Waals surface area contributed by atoms with E-state index in [0.29, 0.717) is 19.5 Å². The highest BCUT2D eigenvalue weighted by atomic mass is 32.2. The van der Waals surface area contributed by atoms with Crippen molar-refractivity contribution in [3.63, 3.8) is 0 Å². The Labute approximate surface area is 125 Å². The predicted octanol–water partition coefficient (Wildman–Crippen LogP) is -0.198. The second kappa shape index (κ2) is 5.82. The monoisotopic (exact) mass is 333 g/mol. The number of nitrogens with two attached hydrogens (primary N) is 1. The number of nitrogens with one attached hydrogen (secondary N) is 1. The van der Waals surface area contributed by atoms with Gasteiger partial charge in [-0.15, -0.1) is 0 Å². The van der Waals surface area contributed by atoms with Gasteiger partial charge in [0.05, 0.1) is 17.2 Å². The molecule has 0 aromatic heterocycles. The smallest absolute Gasteiger partial charge is 0.242 e. The summed E-state index contributed by atoms with van der Waals surface area (Å²) in [6.45, 7) is 0.997. The summed E-state index contributed by atoms with van der Waals surface area (Å²) in [5.41, 5.74) is 6.70. The zero-order chi connectivity index (χ0) is 15.7. The Hall–Kier alpha value is -1.32. The number of hydrogen-bond acceptors (Lipinski definition) is 6. The van der Waals surface area contributed by atoms with E-state index in [-0.39, 0.29) is 22.1 Å². The summed E-state index contributed by atoms with van der Waals surface area (Å²) >= 11 is 0. The van der Waals surface area contributed by atoms with Crippen molar-refractivity contribution in [1.82, 2.24) is 4.72 Å². The van der Waals surface area contributed by atoms with Gasteiger partial charge in [-0.2, -0.15) is 0 Å². The van der Waals surface area contributed by atoms with Crippen molar-refractivity contribution in [2.45, 2.75) is 11.3 Å². The molecule has 0 amide bonds. The molecule has 118 valence electrons. The Balaban J connectivity index is 2.28. The zero-order valence-corrected chi connectivity index (χ0v) is 13.4. The van der Waals surface area contributed by atoms with Crippen molar-refractivity contribution in [3.8, 4) is 0 Å². The fraction of sp³-hybridized carbons (Fsp3) is 0.500. The van der Waals surface area contributed by atoms with Crippen LogP contribution in [0.25, 0.3) is 0 Å². The molecular weight excluding hydrogens is 314 g/mol. The van der Waals surface area contributed by atoms with Gasteiger partial charge in [-0.3, -0.25) is 0 Å². The molecule has 1 aromatic rings. The van der Waals surface area contributed by atoms with Crippen molar-refractivity contribution in [1.29, 1.82) is 0 Å². The largest absolute Gasteiger partial charge is 0.398 e. The van der Waals surface area contributed by atoms with Crippen LogP contribution in [0.3, 0.4) is 0 Å². The first kappa shape index (κ1) is 16.1. The molecule has 0 atom stereocenters. The van der Waals surface area contributed by atoms with Gasteiger partial charge in [0.1, 0.15) is 4.90 Å². The Morgan fingerprint density at radius 3 is 2.57 bits per heavy atom. The van der Waals surface area contributed by atoms with Crippen LogP contribution in [0.15, 0.2) is 23.1 Å². The van der Waals surface area contributed by atoms with Crippen LogP contribution in [-0.2, 0) is 19.9 Å². The highest BCUT2D eigenvalue weighted by Crippen LogP contribution is 2.25. The molecule has 1 aliphatic rings. The summed E-state index contributed by atoms with van der Waals surface area (Å²) in [5, 5.41) is 0. The van der Waals surface area contributed by atoms with E-state index in [1.807, 2.05) is 4.90 Å². The van der Waals surface area contributed by atoms with E-state index in [4.69, 9.17) is 5.73 Å². The molecular formula is C12H19N3O4S2. The van der Waals surface area contributed by atoms with Gasteiger partial charge in [0.25, 0.3) is 0 Å². The van der Waals surface area contributed by atoms with E-state index in [2.05, 4.69) is 4.72 Å². The molecule has 9 heteroatoms. The molecule has 7 nitrogen and oxygen atoms in total. The van der Waals surface area contributed by atoms with Crippen LogP contribution in [0.5, 0.6) is 0 Å². The van der Waals surface area contributed by atoms with Gasteiger partial charge in [0.15, 0.2) is 9.84 Å². The van der Waals surface area contributed by atoms with E-state index < -0.39 is 19.9 Å². The van der Waals surface area contributed by atoms with Crippen LogP contribution in [0.4, 0.5) is 11.4 Å². The van der Waals surface area contributed by atoms with Gasteiger partial charge in [0.2, 0.25) is 10.0 Å². The van der Waals surface area contributed by atoms with Crippen molar-refractivity contribution in [3.05, 3.63) is 18.2 Å². The van der Waals surface area contributed by atoms with Gasteiger partial charge in [-0.25, -0.2) is 21.6 Å². The molecule has 1 heterocycles. The maximum Gasteiger partial charge on any atom is 0.242 e. The Bertz CT molecular complexity index is 729. The summed E-state index contributed by atoms with van der Waals surface area (Å²) in [5.74, 6) is 0.286. The van der Waals surface area contributed by atoms with Crippen molar-refractivity contribution >= 4 is 31.2 Å². The molecule has 0 radical (unpaired) electrons. The Morgan fingerprint density at radius 2 is 1.95 bits per heavy atom. The summed E-state index contributed by atoms with van der Waals surface area (Å²) in [7, 11) is -5.25. The molecule has 21 heavy (non-hydrogen) atoms. The SMILES string of the molecule is CNS(=O)(=O)c1ccc(N2CCCS(=O)(=O)CC2)cc1N. The van der Waals surface area contributed by atoms with Crippen LogP contribution in [0, 0.1) is 0 Å². The summed E-state index contributed by atoms with van der Waals surface area (Å²) in [4.78, 5) is 1.94. The van der Waals surface area contributed by atoms with Gasteiger partial charge in [-0.05, 0) is 31.7 Å². The first-order chi connectivity index (χ1) is 9.75. The lowest BCUT2D eigenvalue weighted by atomic mass is 10.2. The van der Waals surface area contributed by atoms with Gasteiger partial charge in [-0.1, -0.05) is 0 Å². The van der Waals surface area contributed by atoms with E-state index in [1.54, 1.807) is 12.1 Å². The van der Waals surface area contributed by atoms with Crippen LogP contribution >= 0.6 is 0 Å². The van der Waals surface area contributed by atoms with Gasteiger partial charge >= 0.3 is 0 Å². The number of sulfone groups is 1. The molecule has 0 bridgehead atoms. The average Bonchev–Trinajstić information content (AvgIpc) is 2.59.